The third-order valence-corrected chi connectivity index (χ3v) is 4.75. The number of esters is 1. The highest BCUT2D eigenvalue weighted by Crippen LogP contribution is 2.25. The van der Waals surface area contributed by atoms with E-state index in [1.807, 2.05) is 31.2 Å². The van der Waals surface area contributed by atoms with E-state index in [4.69, 9.17) is 12.2 Å². The van der Waals surface area contributed by atoms with Gasteiger partial charge in [-0.2, -0.15) is 0 Å². The van der Waals surface area contributed by atoms with Crippen molar-refractivity contribution in [1.82, 2.24) is 9.78 Å². The van der Waals surface area contributed by atoms with Crippen molar-refractivity contribution < 1.29 is 9.53 Å². The second-order valence-electron chi connectivity index (χ2n) is 3.70. The number of rotatable bonds is 4. The van der Waals surface area contributed by atoms with Crippen LogP contribution in [0.25, 0.3) is 5.69 Å². The molecule has 100 valence electrons. The average molecular weight is 312 g/mol. The number of hydrogen-bond donors (Lipinski definition) is 0. The van der Waals surface area contributed by atoms with Gasteiger partial charge < -0.3 is 4.74 Å². The van der Waals surface area contributed by atoms with Crippen LogP contribution in [0.3, 0.4) is 0 Å². The standard InChI is InChI=1S/C12H12N2O2S3/c1-8-5-3-4-6-9(8)14-12(17)19-11(13-14)18-7-10(15)16-2/h3-6H,7H2,1-2H3. The lowest BCUT2D eigenvalue weighted by Crippen LogP contribution is -2.03. The van der Waals surface area contributed by atoms with E-state index in [-0.39, 0.29) is 11.7 Å². The van der Waals surface area contributed by atoms with Gasteiger partial charge in [-0.15, -0.1) is 5.10 Å². The first kappa shape index (κ1) is 14.2. The molecule has 1 heterocycles. The molecule has 0 aliphatic carbocycles. The first-order valence-corrected chi connectivity index (χ1v) is 7.68. The number of ether oxygens (including phenoxy) is 1. The van der Waals surface area contributed by atoms with Gasteiger partial charge in [-0.25, -0.2) is 4.68 Å². The van der Waals surface area contributed by atoms with Crippen LogP contribution in [-0.2, 0) is 9.53 Å². The van der Waals surface area contributed by atoms with Gasteiger partial charge in [-0.1, -0.05) is 41.3 Å². The predicted molar refractivity (Wildman–Crippen MR) is 79.8 cm³/mol. The van der Waals surface area contributed by atoms with Crippen molar-refractivity contribution in [1.29, 1.82) is 0 Å². The Hall–Kier alpha value is -1.18. The molecule has 0 saturated heterocycles. The molecule has 0 fully saturated rings. The lowest BCUT2D eigenvalue weighted by Gasteiger charge is -2.03. The minimum Gasteiger partial charge on any atom is -0.468 e. The van der Waals surface area contributed by atoms with E-state index >= 15 is 0 Å². The molecule has 7 heteroatoms. The molecule has 2 rings (SSSR count). The fraction of sp³-hybridized carbons (Fsp3) is 0.250. The molecule has 0 amide bonds. The van der Waals surface area contributed by atoms with E-state index in [9.17, 15) is 4.79 Å². The van der Waals surface area contributed by atoms with Gasteiger partial charge in [0.25, 0.3) is 0 Å². The molecule has 4 nitrogen and oxygen atoms in total. The summed E-state index contributed by atoms with van der Waals surface area (Å²) in [4.78, 5) is 11.1. The van der Waals surface area contributed by atoms with Gasteiger partial charge in [0.05, 0.1) is 18.6 Å². The number of benzene rings is 1. The number of thioether (sulfide) groups is 1. The van der Waals surface area contributed by atoms with Crippen molar-refractivity contribution in [3.63, 3.8) is 0 Å². The highest BCUT2D eigenvalue weighted by molar-refractivity contribution is 8.01. The molecule has 0 aliphatic rings. The van der Waals surface area contributed by atoms with Crippen molar-refractivity contribution in [2.45, 2.75) is 11.3 Å². The number of carbonyl (C=O) groups is 1. The topological polar surface area (TPSA) is 44.1 Å². The Bertz CT molecular complexity index is 648. The lowest BCUT2D eigenvalue weighted by atomic mass is 10.2. The fourth-order valence-electron chi connectivity index (χ4n) is 1.45. The van der Waals surface area contributed by atoms with Crippen molar-refractivity contribution >= 4 is 41.3 Å². The molecule has 0 atom stereocenters. The summed E-state index contributed by atoms with van der Waals surface area (Å²) in [5.41, 5.74) is 2.07. The molecule has 0 bridgehead atoms. The Kier molecular flexibility index (Phi) is 4.73. The summed E-state index contributed by atoms with van der Waals surface area (Å²) < 4.78 is 7.76. The van der Waals surface area contributed by atoms with Crippen LogP contribution in [0.2, 0.25) is 0 Å². The Morgan fingerprint density at radius 2 is 2.26 bits per heavy atom. The van der Waals surface area contributed by atoms with Crippen molar-refractivity contribution in [2.75, 3.05) is 12.9 Å². The smallest absolute Gasteiger partial charge is 0.316 e. The quantitative estimate of drug-likeness (QED) is 0.493. The third-order valence-electron chi connectivity index (χ3n) is 2.41. The van der Waals surface area contributed by atoms with Gasteiger partial charge in [0.1, 0.15) is 0 Å². The van der Waals surface area contributed by atoms with Crippen LogP contribution in [0.1, 0.15) is 5.56 Å². The Balaban J connectivity index is 2.25. The molecule has 0 aliphatic heterocycles. The Labute approximate surface area is 124 Å². The fourth-order valence-corrected chi connectivity index (χ4v) is 3.63. The van der Waals surface area contributed by atoms with E-state index in [1.54, 1.807) is 4.68 Å². The van der Waals surface area contributed by atoms with Gasteiger partial charge in [0, 0.05) is 0 Å². The zero-order valence-corrected chi connectivity index (χ0v) is 12.9. The highest BCUT2D eigenvalue weighted by Gasteiger charge is 2.10. The lowest BCUT2D eigenvalue weighted by molar-refractivity contribution is -0.137. The molecule has 0 N–H and O–H groups in total. The monoisotopic (exact) mass is 312 g/mol. The summed E-state index contributed by atoms with van der Waals surface area (Å²) in [5.74, 6) is -0.0272. The summed E-state index contributed by atoms with van der Waals surface area (Å²) >= 11 is 8.04. The predicted octanol–water partition coefficient (Wildman–Crippen LogP) is 3.24. The van der Waals surface area contributed by atoms with Crippen LogP contribution in [0.15, 0.2) is 28.6 Å². The minimum atomic E-state index is -0.270. The molecular weight excluding hydrogens is 300 g/mol. The van der Waals surface area contributed by atoms with Gasteiger partial charge in [-0.05, 0) is 30.8 Å². The summed E-state index contributed by atoms with van der Waals surface area (Å²) in [7, 11) is 1.37. The molecule has 0 radical (unpaired) electrons. The SMILES string of the molecule is COC(=O)CSc1nn(-c2ccccc2C)c(=S)s1. The van der Waals surface area contributed by atoms with E-state index < -0.39 is 0 Å². The van der Waals surface area contributed by atoms with Gasteiger partial charge in [0.2, 0.25) is 0 Å². The average Bonchev–Trinajstić information content (AvgIpc) is 2.77. The minimum absolute atomic E-state index is 0.243. The van der Waals surface area contributed by atoms with Crippen LogP contribution >= 0.6 is 35.3 Å². The Morgan fingerprint density at radius 1 is 1.53 bits per heavy atom. The maximum atomic E-state index is 11.1. The van der Waals surface area contributed by atoms with Crippen molar-refractivity contribution in [3.05, 3.63) is 33.8 Å². The summed E-state index contributed by atoms with van der Waals surface area (Å²) in [6.07, 6.45) is 0. The zero-order chi connectivity index (χ0) is 13.8. The molecular formula is C12H12N2O2S3. The van der Waals surface area contributed by atoms with Crippen LogP contribution in [-0.4, -0.2) is 28.6 Å². The summed E-state index contributed by atoms with van der Waals surface area (Å²) in [6, 6.07) is 7.91. The first-order valence-electron chi connectivity index (χ1n) is 5.47. The maximum Gasteiger partial charge on any atom is 0.316 e. The number of aromatic nitrogens is 2. The summed E-state index contributed by atoms with van der Waals surface area (Å²) in [5, 5.41) is 4.43. The maximum absolute atomic E-state index is 11.1. The number of carbonyl (C=O) groups excluding carboxylic acids is 1. The van der Waals surface area contributed by atoms with Crippen molar-refractivity contribution in [2.24, 2.45) is 0 Å². The first-order chi connectivity index (χ1) is 9.11. The Morgan fingerprint density at radius 3 is 2.95 bits per heavy atom. The van der Waals surface area contributed by atoms with Crippen LogP contribution < -0.4 is 0 Å². The molecule has 19 heavy (non-hydrogen) atoms. The summed E-state index contributed by atoms with van der Waals surface area (Å²) in [6.45, 7) is 2.01. The van der Waals surface area contributed by atoms with Gasteiger partial charge >= 0.3 is 5.97 Å². The van der Waals surface area contributed by atoms with E-state index in [1.165, 1.54) is 30.2 Å². The van der Waals surface area contributed by atoms with Crippen LogP contribution in [0.4, 0.5) is 0 Å². The number of aryl methyl sites for hydroxylation is 1. The van der Waals surface area contributed by atoms with E-state index in [2.05, 4.69) is 9.84 Å². The number of hydrogen-bond acceptors (Lipinski definition) is 6. The normalized spacial score (nSPS) is 10.4. The second kappa shape index (κ2) is 6.31. The van der Waals surface area contributed by atoms with Gasteiger partial charge in [-0.3, -0.25) is 4.79 Å². The second-order valence-corrected chi connectivity index (χ2v) is 6.54. The van der Waals surface area contributed by atoms with Crippen molar-refractivity contribution in [3.8, 4) is 5.69 Å². The number of para-hydroxylation sites is 1. The van der Waals surface area contributed by atoms with E-state index in [0.717, 1.165) is 15.6 Å². The molecule has 2 aromatic rings. The molecule has 0 unspecified atom stereocenters. The zero-order valence-electron chi connectivity index (χ0n) is 10.5. The van der Waals surface area contributed by atoms with Crippen LogP contribution in [0.5, 0.6) is 0 Å². The third kappa shape index (κ3) is 3.43. The molecule has 1 aromatic heterocycles. The van der Waals surface area contributed by atoms with E-state index in [0.29, 0.717) is 3.95 Å². The van der Waals surface area contributed by atoms with Gasteiger partial charge in [0.15, 0.2) is 8.29 Å². The molecule has 1 aromatic carbocycles. The van der Waals surface area contributed by atoms with Crippen LogP contribution in [0, 0.1) is 10.9 Å². The highest BCUT2D eigenvalue weighted by atomic mass is 32.2. The number of nitrogens with zero attached hydrogens (tertiary/aromatic N) is 2. The number of methoxy groups -OCH3 is 1. The molecule has 0 spiro atoms. The molecule has 0 saturated carbocycles. The largest absolute Gasteiger partial charge is 0.468 e.